The lowest BCUT2D eigenvalue weighted by Crippen LogP contribution is -2.02. The first-order valence-electron chi connectivity index (χ1n) is 6.01. The monoisotopic (exact) mass is 370 g/mol. The van der Waals surface area contributed by atoms with Crippen molar-refractivity contribution >= 4 is 38.9 Å². The number of rotatable bonds is 5. The number of hydrogen-bond donors (Lipinski definition) is 1. The van der Waals surface area contributed by atoms with E-state index < -0.39 is 4.92 Å². The summed E-state index contributed by atoms with van der Waals surface area (Å²) in [5.41, 5.74) is 1.73. The predicted octanol–water partition coefficient (Wildman–Crippen LogP) is 4.63. The Morgan fingerprint density at radius 2 is 2.00 bits per heavy atom. The quantitative estimate of drug-likeness (QED) is 0.614. The van der Waals surface area contributed by atoms with Crippen LogP contribution in [-0.2, 0) is 6.54 Å². The minimum absolute atomic E-state index is 0.0711. The van der Waals surface area contributed by atoms with Gasteiger partial charge in [-0.2, -0.15) is 0 Å². The third-order valence-electron chi connectivity index (χ3n) is 2.84. The van der Waals surface area contributed by atoms with Gasteiger partial charge in [0.2, 0.25) is 0 Å². The van der Waals surface area contributed by atoms with Crippen LogP contribution in [0.1, 0.15) is 5.56 Å². The lowest BCUT2D eigenvalue weighted by atomic mass is 10.2. The third-order valence-corrected chi connectivity index (χ3v) is 3.65. The van der Waals surface area contributed by atoms with Gasteiger partial charge in [0.15, 0.2) is 5.75 Å². The van der Waals surface area contributed by atoms with Gasteiger partial charge in [-0.15, -0.1) is 0 Å². The first kappa shape index (κ1) is 15.6. The van der Waals surface area contributed by atoms with Gasteiger partial charge in [0, 0.05) is 23.7 Å². The molecule has 0 aliphatic carbocycles. The normalized spacial score (nSPS) is 10.2. The molecule has 2 rings (SSSR count). The van der Waals surface area contributed by atoms with E-state index in [2.05, 4.69) is 21.2 Å². The highest BCUT2D eigenvalue weighted by Gasteiger charge is 2.10. The molecule has 0 bridgehead atoms. The van der Waals surface area contributed by atoms with Crippen molar-refractivity contribution in [3.63, 3.8) is 0 Å². The Hall–Kier alpha value is -1.79. The molecule has 110 valence electrons. The first-order chi connectivity index (χ1) is 10.0. The topological polar surface area (TPSA) is 64.4 Å². The Bertz CT molecular complexity index is 662. The average molecular weight is 372 g/mol. The fourth-order valence-corrected chi connectivity index (χ4v) is 2.80. The molecule has 0 heterocycles. The van der Waals surface area contributed by atoms with Crippen molar-refractivity contribution in [1.29, 1.82) is 0 Å². The Labute approximate surface area is 135 Å². The number of non-ortho nitro benzene ring substituents is 1. The van der Waals surface area contributed by atoms with Crippen LogP contribution in [0.2, 0.25) is 5.02 Å². The number of benzene rings is 2. The Kier molecular flexibility index (Phi) is 5.03. The smallest absolute Gasteiger partial charge is 0.269 e. The second kappa shape index (κ2) is 6.78. The summed E-state index contributed by atoms with van der Waals surface area (Å²) in [7, 11) is 1.57. The molecular weight excluding hydrogens is 360 g/mol. The fraction of sp³-hybridized carbons (Fsp3) is 0.143. The summed E-state index contributed by atoms with van der Waals surface area (Å²) in [6, 6.07) is 9.87. The van der Waals surface area contributed by atoms with E-state index in [-0.39, 0.29) is 5.69 Å². The summed E-state index contributed by atoms with van der Waals surface area (Å²) in [4.78, 5) is 10.2. The van der Waals surface area contributed by atoms with E-state index in [0.717, 1.165) is 15.7 Å². The molecule has 0 unspecified atom stereocenters. The van der Waals surface area contributed by atoms with E-state index >= 15 is 0 Å². The molecule has 21 heavy (non-hydrogen) atoms. The van der Waals surface area contributed by atoms with Crippen LogP contribution < -0.4 is 10.1 Å². The minimum Gasteiger partial charge on any atom is -0.493 e. The van der Waals surface area contributed by atoms with Crippen molar-refractivity contribution in [1.82, 2.24) is 0 Å². The summed E-state index contributed by atoms with van der Waals surface area (Å²) in [6.45, 7) is 0.501. The maximum atomic E-state index is 10.6. The van der Waals surface area contributed by atoms with Crippen molar-refractivity contribution in [3.8, 4) is 5.75 Å². The Morgan fingerprint density at radius 1 is 1.33 bits per heavy atom. The van der Waals surface area contributed by atoms with Crippen LogP contribution in [0.5, 0.6) is 5.75 Å². The van der Waals surface area contributed by atoms with E-state index in [9.17, 15) is 10.1 Å². The number of halogens is 2. The predicted molar refractivity (Wildman–Crippen MR) is 86.1 cm³/mol. The van der Waals surface area contributed by atoms with Gasteiger partial charge in [-0.1, -0.05) is 23.7 Å². The van der Waals surface area contributed by atoms with Crippen molar-refractivity contribution in [3.05, 3.63) is 61.6 Å². The van der Waals surface area contributed by atoms with Gasteiger partial charge < -0.3 is 10.1 Å². The number of nitrogens with one attached hydrogen (secondary N) is 1. The van der Waals surface area contributed by atoms with Crippen molar-refractivity contribution in [2.75, 3.05) is 12.4 Å². The van der Waals surface area contributed by atoms with Gasteiger partial charge in [-0.25, -0.2) is 0 Å². The van der Waals surface area contributed by atoms with Crippen LogP contribution in [0, 0.1) is 10.1 Å². The molecule has 0 radical (unpaired) electrons. The number of hydrogen-bond acceptors (Lipinski definition) is 4. The highest BCUT2D eigenvalue weighted by molar-refractivity contribution is 9.10. The molecule has 0 fully saturated rings. The molecule has 2 aromatic rings. The standard InChI is InChI=1S/C14H12BrClN2O3/c1-21-14-12(15)6-10(16)7-13(14)17-8-9-2-4-11(5-3-9)18(19)20/h2-7,17H,8H2,1H3. The first-order valence-corrected chi connectivity index (χ1v) is 7.18. The van der Waals surface area contributed by atoms with Crippen LogP contribution in [0.3, 0.4) is 0 Å². The summed E-state index contributed by atoms with van der Waals surface area (Å²) < 4.78 is 6.07. The summed E-state index contributed by atoms with van der Waals surface area (Å²) in [5.74, 6) is 0.654. The average Bonchev–Trinajstić information content (AvgIpc) is 2.45. The Balaban J connectivity index is 2.14. The molecule has 0 aliphatic heterocycles. The van der Waals surface area contributed by atoms with E-state index in [1.807, 2.05) is 0 Å². The van der Waals surface area contributed by atoms with Gasteiger partial charge >= 0.3 is 0 Å². The molecule has 2 aromatic carbocycles. The molecule has 1 N–H and O–H groups in total. The molecule has 0 amide bonds. The number of anilines is 1. The molecule has 7 heteroatoms. The van der Waals surface area contributed by atoms with E-state index in [0.29, 0.717) is 17.3 Å². The molecule has 0 saturated carbocycles. The molecule has 0 saturated heterocycles. The van der Waals surface area contributed by atoms with E-state index in [4.69, 9.17) is 16.3 Å². The van der Waals surface area contributed by atoms with Crippen LogP contribution in [0.25, 0.3) is 0 Å². The second-order valence-electron chi connectivity index (χ2n) is 4.25. The minimum atomic E-state index is -0.422. The lowest BCUT2D eigenvalue weighted by molar-refractivity contribution is -0.384. The zero-order valence-electron chi connectivity index (χ0n) is 11.1. The van der Waals surface area contributed by atoms with Gasteiger partial charge in [-0.3, -0.25) is 10.1 Å². The molecule has 0 aliphatic rings. The van der Waals surface area contributed by atoms with Crippen LogP contribution >= 0.6 is 27.5 Å². The lowest BCUT2D eigenvalue weighted by Gasteiger charge is -2.13. The van der Waals surface area contributed by atoms with Crippen molar-refractivity contribution < 1.29 is 9.66 Å². The summed E-state index contributed by atoms with van der Waals surface area (Å²) in [5, 5.41) is 14.4. The molecule has 0 aromatic heterocycles. The van der Waals surface area contributed by atoms with Crippen LogP contribution in [-0.4, -0.2) is 12.0 Å². The van der Waals surface area contributed by atoms with Crippen LogP contribution in [0.4, 0.5) is 11.4 Å². The zero-order chi connectivity index (χ0) is 15.4. The molecule has 0 atom stereocenters. The largest absolute Gasteiger partial charge is 0.493 e. The van der Waals surface area contributed by atoms with Crippen molar-refractivity contribution in [2.24, 2.45) is 0 Å². The summed E-state index contributed by atoms with van der Waals surface area (Å²) >= 11 is 9.40. The molecule has 0 spiro atoms. The number of nitrogens with zero attached hydrogens (tertiary/aromatic N) is 1. The summed E-state index contributed by atoms with van der Waals surface area (Å²) in [6.07, 6.45) is 0. The van der Waals surface area contributed by atoms with Gasteiger partial charge in [-0.05, 0) is 33.6 Å². The van der Waals surface area contributed by atoms with Gasteiger partial charge in [0.05, 0.1) is 22.2 Å². The van der Waals surface area contributed by atoms with Gasteiger partial charge in [0.25, 0.3) is 5.69 Å². The highest BCUT2D eigenvalue weighted by Crippen LogP contribution is 2.36. The molecule has 5 nitrogen and oxygen atoms in total. The number of methoxy groups -OCH3 is 1. The number of ether oxygens (including phenoxy) is 1. The van der Waals surface area contributed by atoms with E-state index in [1.54, 1.807) is 31.4 Å². The maximum Gasteiger partial charge on any atom is 0.269 e. The molecular formula is C14H12BrClN2O3. The highest BCUT2D eigenvalue weighted by atomic mass is 79.9. The van der Waals surface area contributed by atoms with Gasteiger partial charge in [0.1, 0.15) is 0 Å². The Morgan fingerprint density at radius 3 is 2.57 bits per heavy atom. The number of nitro benzene ring substituents is 1. The van der Waals surface area contributed by atoms with Crippen LogP contribution in [0.15, 0.2) is 40.9 Å². The zero-order valence-corrected chi connectivity index (χ0v) is 13.4. The second-order valence-corrected chi connectivity index (χ2v) is 5.54. The SMILES string of the molecule is COc1c(Br)cc(Cl)cc1NCc1ccc([N+](=O)[O-])cc1. The van der Waals surface area contributed by atoms with Crippen molar-refractivity contribution in [2.45, 2.75) is 6.54 Å². The third kappa shape index (κ3) is 3.86. The van der Waals surface area contributed by atoms with E-state index in [1.165, 1.54) is 12.1 Å². The maximum absolute atomic E-state index is 10.6. The number of nitro groups is 1. The fourth-order valence-electron chi connectivity index (χ4n) is 1.83.